The highest BCUT2D eigenvalue weighted by Crippen LogP contribution is 2.32. The molecule has 0 saturated carbocycles. The van der Waals surface area contributed by atoms with E-state index in [1.54, 1.807) is 0 Å². The van der Waals surface area contributed by atoms with Crippen molar-refractivity contribution in [2.45, 2.75) is 17.4 Å². The van der Waals surface area contributed by atoms with Gasteiger partial charge in [0.05, 0.1) is 4.90 Å². The second kappa shape index (κ2) is 10.2. The van der Waals surface area contributed by atoms with Gasteiger partial charge in [0.15, 0.2) is 5.69 Å². The molecule has 0 atom stereocenters. The van der Waals surface area contributed by atoms with Crippen LogP contribution in [0.25, 0.3) is 0 Å². The molecule has 0 amide bonds. The second-order valence-corrected chi connectivity index (χ2v) is 9.92. The van der Waals surface area contributed by atoms with E-state index < -0.39 is 39.8 Å². The number of nitrogens with zero attached hydrogens (tertiary/aromatic N) is 4. The first-order valence-corrected chi connectivity index (χ1v) is 12.2. The lowest BCUT2D eigenvalue weighted by molar-refractivity contribution is -0.274. The van der Waals surface area contributed by atoms with Crippen LogP contribution in [0.5, 0.6) is 5.75 Å². The Morgan fingerprint density at radius 2 is 1.45 bits per heavy atom. The standard InChI is InChI=1S/C22H18F7N5O3S/c23-14-1-3-15(4-2-14)30-19-13-18(21(24,25)26)31-20(32-19)33-9-11-34(12-10-33)38(35,36)17-7-5-16(6-8-17)37-22(27,28)29/h1-8,13H,9-12H2,(H,30,31,32). The van der Waals surface area contributed by atoms with E-state index in [0.29, 0.717) is 6.07 Å². The number of aromatic nitrogens is 2. The first-order valence-electron chi connectivity index (χ1n) is 10.8. The van der Waals surface area contributed by atoms with Gasteiger partial charge in [0.25, 0.3) is 0 Å². The van der Waals surface area contributed by atoms with Gasteiger partial charge in [-0.15, -0.1) is 13.2 Å². The largest absolute Gasteiger partial charge is 0.573 e. The third-order valence-electron chi connectivity index (χ3n) is 5.34. The lowest BCUT2D eigenvalue weighted by Gasteiger charge is -2.34. The highest BCUT2D eigenvalue weighted by atomic mass is 32.2. The predicted octanol–water partition coefficient (Wildman–Crippen LogP) is 4.79. The fourth-order valence-electron chi connectivity index (χ4n) is 3.56. The Morgan fingerprint density at radius 3 is 2.00 bits per heavy atom. The summed E-state index contributed by atoms with van der Waals surface area (Å²) in [5.41, 5.74) is -0.949. The minimum Gasteiger partial charge on any atom is -0.406 e. The average molecular weight is 565 g/mol. The summed E-state index contributed by atoms with van der Waals surface area (Å²) in [6.45, 7) is -0.426. The number of anilines is 3. The molecule has 0 aliphatic carbocycles. The van der Waals surface area contributed by atoms with Crippen LogP contribution in [0.1, 0.15) is 5.69 Å². The van der Waals surface area contributed by atoms with Gasteiger partial charge in [0.2, 0.25) is 16.0 Å². The Balaban J connectivity index is 1.50. The van der Waals surface area contributed by atoms with Gasteiger partial charge in [-0.25, -0.2) is 17.8 Å². The molecule has 38 heavy (non-hydrogen) atoms. The fourth-order valence-corrected chi connectivity index (χ4v) is 4.98. The number of benzene rings is 2. The minimum absolute atomic E-state index is 0.0637. The van der Waals surface area contributed by atoms with Gasteiger partial charge in [0.1, 0.15) is 17.4 Å². The SMILES string of the molecule is O=S(=O)(c1ccc(OC(F)(F)F)cc1)N1CCN(c2nc(Nc3ccc(F)cc3)cc(C(F)(F)F)n2)CC1. The van der Waals surface area contributed by atoms with Gasteiger partial charge in [0, 0.05) is 37.9 Å². The van der Waals surface area contributed by atoms with Crippen LogP contribution in [-0.4, -0.2) is 55.2 Å². The maximum atomic E-state index is 13.5. The maximum Gasteiger partial charge on any atom is 0.573 e. The molecule has 1 N–H and O–H groups in total. The Morgan fingerprint density at radius 1 is 0.842 bits per heavy atom. The number of alkyl halides is 6. The van der Waals surface area contributed by atoms with E-state index in [0.717, 1.165) is 40.7 Å². The van der Waals surface area contributed by atoms with Crippen molar-refractivity contribution in [3.63, 3.8) is 0 Å². The smallest absolute Gasteiger partial charge is 0.406 e. The van der Waals surface area contributed by atoms with E-state index in [1.807, 2.05) is 0 Å². The molecule has 3 aromatic rings. The topological polar surface area (TPSA) is 87.7 Å². The summed E-state index contributed by atoms with van der Waals surface area (Å²) in [6, 6.07) is 9.21. The van der Waals surface area contributed by atoms with Gasteiger partial charge < -0.3 is 15.0 Å². The third kappa shape index (κ3) is 6.61. The average Bonchev–Trinajstić information content (AvgIpc) is 2.84. The zero-order chi connectivity index (χ0) is 27.7. The molecule has 4 rings (SSSR count). The molecule has 0 unspecified atom stereocenters. The van der Waals surface area contributed by atoms with Crippen molar-refractivity contribution < 1.29 is 43.9 Å². The highest BCUT2D eigenvalue weighted by molar-refractivity contribution is 7.89. The van der Waals surface area contributed by atoms with Crippen molar-refractivity contribution in [2.75, 3.05) is 36.4 Å². The maximum absolute atomic E-state index is 13.5. The van der Waals surface area contributed by atoms with E-state index in [-0.39, 0.29) is 48.5 Å². The molecule has 1 aliphatic rings. The monoisotopic (exact) mass is 565 g/mol. The van der Waals surface area contributed by atoms with Gasteiger partial charge in [-0.2, -0.15) is 22.5 Å². The Hall–Kier alpha value is -3.66. The Labute approximate surface area is 211 Å². The van der Waals surface area contributed by atoms with Crippen LogP contribution in [0, 0.1) is 5.82 Å². The van der Waals surface area contributed by atoms with Gasteiger partial charge in [-0.05, 0) is 48.5 Å². The van der Waals surface area contributed by atoms with Crippen molar-refractivity contribution in [2.24, 2.45) is 0 Å². The van der Waals surface area contributed by atoms with Gasteiger partial charge >= 0.3 is 12.5 Å². The molecule has 1 aromatic heterocycles. The third-order valence-corrected chi connectivity index (χ3v) is 7.25. The normalized spacial score (nSPS) is 15.4. The lowest BCUT2D eigenvalue weighted by Crippen LogP contribution is -2.49. The number of nitrogens with one attached hydrogen (secondary N) is 1. The molecule has 0 radical (unpaired) electrons. The van der Waals surface area contributed by atoms with Crippen molar-refractivity contribution in [1.82, 2.24) is 14.3 Å². The molecular formula is C22H18F7N5O3S. The molecule has 8 nitrogen and oxygen atoms in total. The lowest BCUT2D eigenvalue weighted by atomic mass is 10.3. The first kappa shape index (κ1) is 27.4. The van der Waals surface area contributed by atoms with Crippen LogP contribution in [0.4, 0.5) is 48.2 Å². The number of rotatable bonds is 6. The molecule has 1 aliphatic heterocycles. The number of ether oxygens (including phenoxy) is 1. The molecule has 2 aromatic carbocycles. The predicted molar refractivity (Wildman–Crippen MR) is 121 cm³/mol. The van der Waals surface area contributed by atoms with E-state index in [4.69, 9.17) is 0 Å². The molecule has 2 heterocycles. The highest BCUT2D eigenvalue weighted by Gasteiger charge is 2.36. The molecule has 0 bridgehead atoms. The van der Waals surface area contributed by atoms with Gasteiger partial charge in [-0.3, -0.25) is 0 Å². The summed E-state index contributed by atoms with van der Waals surface area (Å²) in [7, 11) is -4.11. The van der Waals surface area contributed by atoms with Crippen molar-refractivity contribution >= 4 is 27.5 Å². The first-order chi connectivity index (χ1) is 17.7. The Bertz CT molecular complexity index is 1370. The molecule has 16 heteroatoms. The summed E-state index contributed by atoms with van der Waals surface area (Å²) in [4.78, 5) is 8.79. The van der Waals surface area contributed by atoms with E-state index in [1.165, 1.54) is 17.0 Å². The van der Waals surface area contributed by atoms with E-state index >= 15 is 0 Å². The van der Waals surface area contributed by atoms with Gasteiger partial charge in [-0.1, -0.05) is 0 Å². The molecule has 0 spiro atoms. The molecule has 204 valence electrons. The summed E-state index contributed by atoms with van der Waals surface area (Å²) in [5.74, 6) is -1.62. The number of hydrogen-bond acceptors (Lipinski definition) is 7. The number of hydrogen-bond donors (Lipinski definition) is 1. The Kier molecular flexibility index (Phi) is 7.38. The van der Waals surface area contributed by atoms with E-state index in [2.05, 4.69) is 20.0 Å². The van der Waals surface area contributed by atoms with Crippen LogP contribution in [0.15, 0.2) is 59.5 Å². The zero-order valence-electron chi connectivity index (χ0n) is 19.1. The van der Waals surface area contributed by atoms with Crippen LogP contribution in [0.3, 0.4) is 0 Å². The molecular weight excluding hydrogens is 547 g/mol. The quantitative estimate of drug-likeness (QED) is 0.431. The van der Waals surface area contributed by atoms with Crippen molar-refractivity contribution in [3.8, 4) is 5.75 Å². The molecule has 1 saturated heterocycles. The van der Waals surface area contributed by atoms with Crippen molar-refractivity contribution in [3.05, 3.63) is 66.1 Å². The number of sulfonamides is 1. The van der Waals surface area contributed by atoms with E-state index in [9.17, 15) is 39.2 Å². The number of piperazine rings is 1. The molecule has 1 fully saturated rings. The summed E-state index contributed by atoms with van der Waals surface area (Å²) in [5, 5.41) is 2.66. The fraction of sp³-hybridized carbons (Fsp3) is 0.273. The summed E-state index contributed by atoms with van der Waals surface area (Å²) < 4.78 is 121. The van der Waals surface area contributed by atoms with Crippen LogP contribution < -0.4 is 15.0 Å². The summed E-state index contributed by atoms with van der Waals surface area (Å²) >= 11 is 0. The summed E-state index contributed by atoms with van der Waals surface area (Å²) in [6.07, 6.45) is -9.74. The minimum atomic E-state index is -4.93. The second-order valence-electron chi connectivity index (χ2n) is 7.98. The van der Waals surface area contributed by atoms with Crippen LogP contribution in [-0.2, 0) is 16.2 Å². The van der Waals surface area contributed by atoms with Crippen molar-refractivity contribution in [1.29, 1.82) is 0 Å². The zero-order valence-corrected chi connectivity index (χ0v) is 19.9. The van der Waals surface area contributed by atoms with Crippen LogP contribution in [0.2, 0.25) is 0 Å². The number of halogens is 7. The van der Waals surface area contributed by atoms with Crippen LogP contribution >= 0.6 is 0 Å².